The van der Waals surface area contributed by atoms with E-state index in [-0.39, 0.29) is 18.0 Å². The Morgan fingerprint density at radius 3 is 2.47 bits per heavy atom. The molecule has 2 aromatic heterocycles. The van der Waals surface area contributed by atoms with Crippen molar-refractivity contribution in [3.05, 3.63) is 119 Å². The van der Waals surface area contributed by atoms with Gasteiger partial charge in [0.25, 0.3) is 5.56 Å². The van der Waals surface area contributed by atoms with Crippen molar-refractivity contribution in [2.75, 3.05) is 0 Å². The average molecular weight is 442 g/mol. The first-order valence-corrected chi connectivity index (χ1v) is 9.99. The number of halogens is 1. The van der Waals surface area contributed by atoms with Gasteiger partial charge in [-0.3, -0.25) is 14.3 Å². The number of ether oxygens (including phenoxy) is 1. The Kier molecular flexibility index (Phi) is 6.29. The van der Waals surface area contributed by atoms with Gasteiger partial charge in [0, 0.05) is 24.0 Å². The minimum atomic E-state index is -0.135. The van der Waals surface area contributed by atoms with Crippen LogP contribution in [-0.2, 0) is 6.61 Å². The highest BCUT2D eigenvalue weighted by Gasteiger charge is 2.15. The highest BCUT2D eigenvalue weighted by Crippen LogP contribution is 2.24. The minimum absolute atomic E-state index is 0. The van der Waals surface area contributed by atoms with Gasteiger partial charge in [0.1, 0.15) is 18.2 Å². The molecule has 5 rings (SSSR count). The fourth-order valence-electron chi connectivity index (χ4n) is 3.51. The third-order valence-corrected chi connectivity index (χ3v) is 5.02. The highest BCUT2D eigenvalue weighted by molar-refractivity contribution is 5.85. The molecule has 0 aliphatic carbocycles. The molecular weight excluding hydrogens is 422 g/mol. The van der Waals surface area contributed by atoms with Crippen molar-refractivity contribution in [3.63, 3.8) is 0 Å². The molecule has 0 fully saturated rings. The Bertz CT molecular complexity index is 1400. The van der Waals surface area contributed by atoms with E-state index in [1.54, 1.807) is 23.0 Å². The zero-order valence-corrected chi connectivity index (χ0v) is 17.9. The lowest BCUT2D eigenvalue weighted by Crippen LogP contribution is -2.22. The van der Waals surface area contributed by atoms with Crippen molar-refractivity contribution in [2.45, 2.75) is 6.61 Å². The van der Waals surface area contributed by atoms with Crippen LogP contribution in [0.25, 0.3) is 28.0 Å². The summed E-state index contributed by atoms with van der Waals surface area (Å²) in [5, 5.41) is 0.561. The Morgan fingerprint density at radius 2 is 1.66 bits per heavy atom. The molecule has 0 aliphatic rings. The molecule has 5 aromatic rings. The maximum absolute atomic E-state index is 13.5. The molecule has 0 atom stereocenters. The number of rotatable bonds is 5. The van der Waals surface area contributed by atoms with Crippen LogP contribution in [0, 0.1) is 0 Å². The molecule has 0 amide bonds. The highest BCUT2D eigenvalue weighted by atomic mass is 35.5. The lowest BCUT2D eigenvalue weighted by Gasteiger charge is -2.15. The van der Waals surface area contributed by atoms with E-state index in [9.17, 15) is 4.79 Å². The quantitative estimate of drug-likeness (QED) is 0.364. The van der Waals surface area contributed by atoms with Crippen molar-refractivity contribution in [1.82, 2.24) is 14.5 Å². The number of aromatic nitrogens is 3. The van der Waals surface area contributed by atoms with Gasteiger partial charge in [-0.2, -0.15) is 0 Å². The fraction of sp³-hybridized carbons (Fsp3) is 0.0385. The van der Waals surface area contributed by atoms with Crippen molar-refractivity contribution in [1.29, 1.82) is 0 Å². The lowest BCUT2D eigenvalue weighted by molar-refractivity contribution is 0.306. The standard InChI is InChI=1S/C26H19N3O2.ClH/c30-26-23-13-4-5-14-24(23)28-25(20-10-7-15-27-17-20)29(26)21-11-6-12-22(16-21)31-18-19-8-2-1-3-9-19;/h1-17H,18H2;1H. The number of benzene rings is 3. The van der Waals surface area contributed by atoms with Gasteiger partial charge in [0.2, 0.25) is 0 Å². The van der Waals surface area contributed by atoms with Gasteiger partial charge in [0.15, 0.2) is 0 Å². The van der Waals surface area contributed by atoms with E-state index < -0.39 is 0 Å². The fourth-order valence-corrected chi connectivity index (χ4v) is 3.51. The van der Waals surface area contributed by atoms with E-state index in [0.29, 0.717) is 34.8 Å². The van der Waals surface area contributed by atoms with Crippen molar-refractivity contribution in [3.8, 4) is 22.8 Å². The van der Waals surface area contributed by atoms with Crippen LogP contribution >= 0.6 is 12.4 Å². The van der Waals surface area contributed by atoms with Crippen molar-refractivity contribution < 1.29 is 4.74 Å². The van der Waals surface area contributed by atoms with E-state index >= 15 is 0 Å². The summed E-state index contributed by atoms with van der Waals surface area (Å²) >= 11 is 0. The zero-order chi connectivity index (χ0) is 21.0. The molecule has 0 aliphatic heterocycles. The summed E-state index contributed by atoms with van der Waals surface area (Å²) in [6, 6.07) is 28.6. The molecule has 0 saturated carbocycles. The Hall–Kier alpha value is -3.96. The predicted molar refractivity (Wildman–Crippen MR) is 129 cm³/mol. The molecule has 0 radical (unpaired) electrons. The van der Waals surface area contributed by atoms with Crippen LogP contribution in [-0.4, -0.2) is 14.5 Å². The normalized spacial score (nSPS) is 10.5. The van der Waals surface area contributed by atoms with E-state index in [4.69, 9.17) is 9.72 Å². The SMILES string of the molecule is Cl.O=c1c2ccccc2nc(-c2cccnc2)n1-c1cccc(OCc2ccccc2)c1. The molecule has 5 nitrogen and oxygen atoms in total. The molecular formula is C26H20ClN3O2. The number of fused-ring (bicyclic) bond motifs is 1. The number of para-hydroxylation sites is 1. The third kappa shape index (κ3) is 4.24. The molecule has 0 spiro atoms. The van der Waals surface area contributed by atoms with Crippen LogP contribution in [0.3, 0.4) is 0 Å². The Morgan fingerprint density at radius 1 is 0.844 bits per heavy atom. The maximum atomic E-state index is 13.5. The van der Waals surface area contributed by atoms with E-state index in [1.165, 1.54) is 0 Å². The predicted octanol–water partition coefficient (Wildman–Crippen LogP) is 5.45. The van der Waals surface area contributed by atoms with Gasteiger partial charge < -0.3 is 4.74 Å². The summed E-state index contributed by atoms with van der Waals surface area (Å²) in [5.74, 6) is 1.22. The second-order valence-electron chi connectivity index (χ2n) is 7.11. The smallest absolute Gasteiger partial charge is 0.266 e. The van der Waals surface area contributed by atoms with E-state index in [0.717, 1.165) is 11.1 Å². The Balaban J connectivity index is 0.00000245. The second-order valence-corrected chi connectivity index (χ2v) is 7.11. The molecule has 0 N–H and O–H groups in total. The topological polar surface area (TPSA) is 57.0 Å². The largest absolute Gasteiger partial charge is 0.489 e. The number of hydrogen-bond acceptors (Lipinski definition) is 4. The van der Waals surface area contributed by atoms with Gasteiger partial charge in [0.05, 0.1) is 16.6 Å². The van der Waals surface area contributed by atoms with Gasteiger partial charge in [-0.1, -0.05) is 48.5 Å². The summed E-state index contributed by atoms with van der Waals surface area (Å²) in [6.07, 6.45) is 3.41. The minimum Gasteiger partial charge on any atom is -0.489 e. The van der Waals surface area contributed by atoms with Crippen LogP contribution in [0.1, 0.15) is 5.56 Å². The summed E-state index contributed by atoms with van der Waals surface area (Å²) in [6.45, 7) is 0.449. The number of hydrogen-bond donors (Lipinski definition) is 0. The maximum Gasteiger partial charge on any atom is 0.266 e. The van der Waals surface area contributed by atoms with Crippen molar-refractivity contribution in [2.24, 2.45) is 0 Å². The molecule has 3 aromatic carbocycles. The second kappa shape index (κ2) is 9.45. The molecule has 32 heavy (non-hydrogen) atoms. The zero-order valence-electron chi connectivity index (χ0n) is 17.1. The average Bonchev–Trinajstić information content (AvgIpc) is 2.84. The first-order valence-electron chi connectivity index (χ1n) is 9.99. The van der Waals surface area contributed by atoms with Crippen LogP contribution < -0.4 is 10.3 Å². The monoisotopic (exact) mass is 441 g/mol. The van der Waals surface area contributed by atoms with Gasteiger partial charge >= 0.3 is 0 Å². The van der Waals surface area contributed by atoms with Gasteiger partial charge in [-0.25, -0.2) is 4.98 Å². The Labute approximate surface area is 191 Å². The lowest BCUT2D eigenvalue weighted by atomic mass is 10.2. The van der Waals surface area contributed by atoms with Gasteiger partial charge in [-0.15, -0.1) is 12.4 Å². The summed E-state index contributed by atoms with van der Waals surface area (Å²) in [5.41, 5.74) is 3.05. The molecule has 6 heteroatoms. The molecule has 158 valence electrons. The van der Waals surface area contributed by atoms with Crippen LogP contribution in [0.4, 0.5) is 0 Å². The summed E-state index contributed by atoms with van der Waals surface area (Å²) in [7, 11) is 0. The molecule has 2 heterocycles. The van der Waals surface area contributed by atoms with Crippen molar-refractivity contribution >= 4 is 23.3 Å². The number of pyridine rings is 1. The first-order chi connectivity index (χ1) is 15.3. The van der Waals surface area contributed by atoms with E-state index in [2.05, 4.69) is 4.98 Å². The molecule has 0 bridgehead atoms. The molecule has 0 saturated heterocycles. The van der Waals surface area contributed by atoms with Crippen LogP contribution in [0.15, 0.2) is 108 Å². The first kappa shape index (κ1) is 21.3. The summed E-state index contributed by atoms with van der Waals surface area (Å²) in [4.78, 5) is 22.5. The van der Waals surface area contributed by atoms with Crippen LogP contribution in [0.2, 0.25) is 0 Å². The van der Waals surface area contributed by atoms with Gasteiger partial charge in [-0.05, 0) is 42.0 Å². The third-order valence-electron chi connectivity index (χ3n) is 5.02. The van der Waals surface area contributed by atoms with Crippen LogP contribution in [0.5, 0.6) is 5.75 Å². The number of nitrogens with zero attached hydrogens (tertiary/aromatic N) is 3. The summed E-state index contributed by atoms with van der Waals surface area (Å²) < 4.78 is 7.60. The molecule has 0 unspecified atom stereocenters. The van der Waals surface area contributed by atoms with E-state index in [1.807, 2.05) is 84.9 Å².